The molecule has 0 spiro atoms. The summed E-state index contributed by atoms with van der Waals surface area (Å²) in [5.74, 6) is 0.757. The number of nitrogens with two attached hydrogens (primary N) is 1. The fourth-order valence-electron chi connectivity index (χ4n) is 3.03. The van der Waals surface area contributed by atoms with Crippen molar-refractivity contribution in [1.29, 1.82) is 0 Å². The molecule has 3 aromatic rings. The van der Waals surface area contributed by atoms with Crippen LogP contribution in [-0.2, 0) is 10.0 Å². The number of hydrogen-bond donors (Lipinski definition) is 2. The van der Waals surface area contributed by atoms with Crippen LogP contribution in [0.5, 0.6) is 0 Å². The van der Waals surface area contributed by atoms with Crippen LogP contribution in [0.1, 0.15) is 32.6 Å². The molecule has 0 unspecified atom stereocenters. The molecule has 4 heterocycles. The van der Waals surface area contributed by atoms with E-state index in [9.17, 15) is 8.42 Å². The van der Waals surface area contributed by atoms with Crippen molar-refractivity contribution in [3.8, 4) is 11.3 Å². The summed E-state index contributed by atoms with van der Waals surface area (Å²) in [6.07, 6.45) is 8.87. The Morgan fingerprint density at radius 1 is 1.18 bits per heavy atom. The lowest BCUT2D eigenvalue weighted by Crippen LogP contribution is -2.37. The molecule has 0 radical (unpaired) electrons. The van der Waals surface area contributed by atoms with Crippen LogP contribution in [-0.4, -0.2) is 56.7 Å². The van der Waals surface area contributed by atoms with Crippen LogP contribution < -0.4 is 5.73 Å². The van der Waals surface area contributed by atoms with Crippen LogP contribution in [0.3, 0.4) is 0 Å². The van der Waals surface area contributed by atoms with Crippen LogP contribution in [0.25, 0.3) is 22.4 Å². The monoisotopic (exact) mass is 403 g/mol. The van der Waals surface area contributed by atoms with Gasteiger partial charge >= 0.3 is 0 Å². The van der Waals surface area contributed by atoms with E-state index < -0.39 is 10.0 Å². The summed E-state index contributed by atoms with van der Waals surface area (Å²) in [5, 5.41) is 6.60. The summed E-state index contributed by atoms with van der Waals surface area (Å²) in [7, 11) is -2.90. The summed E-state index contributed by atoms with van der Waals surface area (Å²) in [4.78, 5) is 12.6. The number of fused-ring (bicyclic) bond motifs is 1. The second kappa shape index (κ2) is 9.07. The largest absolute Gasteiger partial charge is 0.383 e. The van der Waals surface area contributed by atoms with Crippen LogP contribution in [0.15, 0.2) is 30.7 Å². The number of nitrogens with one attached hydrogen (secondary N) is 1. The highest BCUT2D eigenvalue weighted by Gasteiger charge is 2.22. The number of H-pyrrole nitrogens is 1. The van der Waals surface area contributed by atoms with Crippen LogP contribution in [0.2, 0.25) is 0 Å². The van der Waals surface area contributed by atoms with Crippen LogP contribution >= 0.6 is 0 Å². The number of pyridine rings is 1. The molecule has 28 heavy (non-hydrogen) atoms. The zero-order valence-electron chi connectivity index (χ0n) is 15.9. The first-order chi connectivity index (χ1) is 13.5. The second-order valence-electron chi connectivity index (χ2n) is 6.57. The highest BCUT2D eigenvalue weighted by molar-refractivity contribution is 7.89. The maximum atomic E-state index is 11.5. The predicted molar refractivity (Wildman–Crippen MR) is 109 cm³/mol. The number of anilines is 1. The van der Waals surface area contributed by atoms with Gasteiger partial charge in [0, 0.05) is 24.8 Å². The Balaban J connectivity index is 0.000000169. The average Bonchev–Trinajstić information content (AvgIpc) is 3.17. The molecule has 0 atom stereocenters. The van der Waals surface area contributed by atoms with Gasteiger partial charge in [0.2, 0.25) is 10.0 Å². The SMILES string of the molecule is CCCS(=O)(=O)N1CCCCC1.Nc1ncccc1-c1cnc2[nH]ncc2n1. The van der Waals surface area contributed by atoms with Crippen molar-refractivity contribution in [2.75, 3.05) is 24.6 Å². The van der Waals surface area contributed by atoms with E-state index in [1.54, 1.807) is 22.9 Å². The highest BCUT2D eigenvalue weighted by Crippen LogP contribution is 2.22. The summed E-state index contributed by atoms with van der Waals surface area (Å²) in [5.41, 5.74) is 8.61. The van der Waals surface area contributed by atoms with E-state index in [2.05, 4.69) is 25.1 Å². The van der Waals surface area contributed by atoms with E-state index in [1.807, 2.05) is 19.1 Å². The minimum atomic E-state index is -2.90. The average molecular weight is 404 g/mol. The number of piperidine rings is 1. The maximum absolute atomic E-state index is 11.5. The molecule has 10 heteroatoms. The lowest BCUT2D eigenvalue weighted by Gasteiger charge is -2.25. The van der Waals surface area contributed by atoms with Crippen molar-refractivity contribution in [3.63, 3.8) is 0 Å². The minimum absolute atomic E-state index is 0.312. The molecule has 1 aliphatic rings. The van der Waals surface area contributed by atoms with Crippen molar-refractivity contribution in [1.82, 2.24) is 29.5 Å². The van der Waals surface area contributed by atoms with Gasteiger partial charge < -0.3 is 5.73 Å². The van der Waals surface area contributed by atoms with E-state index in [0.29, 0.717) is 28.4 Å². The number of sulfonamides is 1. The number of nitrogen functional groups attached to an aromatic ring is 1. The molecule has 3 N–H and O–H groups in total. The summed E-state index contributed by atoms with van der Waals surface area (Å²) >= 11 is 0. The first-order valence-corrected chi connectivity index (χ1v) is 11.0. The summed E-state index contributed by atoms with van der Waals surface area (Å²) < 4.78 is 24.7. The zero-order chi connectivity index (χ0) is 20.0. The Morgan fingerprint density at radius 3 is 2.68 bits per heavy atom. The van der Waals surface area contributed by atoms with Gasteiger partial charge in [-0.05, 0) is 31.4 Å². The van der Waals surface area contributed by atoms with Gasteiger partial charge in [0.25, 0.3) is 0 Å². The third-order valence-electron chi connectivity index (χ3n) is 4.44. The van der Waals surface area contributed by atoms with Crippen LogP contribution in [0, 0.1) is 0 Å². The van der Waals surface area contributed by atoms with Gasteiger partial charge in [-0.2, -0.15) is 5.10 Å². The summed E-state index contributed by atoms with van der Waals surface area (Å²) in [6, 6.07) is 3.67. The second-order valence-corrected chi connectivity index (χ2v) is 8.66. The quantitative estimate of drug-likeness (QED) is 0.683. The van der Waals surface area contributed by atoms with Crippen molar-refractivity contribution < 1.29 is 8.42 Å². The third kappa shape index (κ3) is 4.82. The molecule has 0 saturated carbocycles. The number of nitrogens with zero attached hydrogens (tertiary/aromatic N) is 5. The molecule has 1 aliphatic heterocycles. The molecular weight excluding hydrogens is 378 g/mol. The van der Waals surface area contributed by atoms with E-state index in [4.69, 9.17) is 5.73 Å². The van der Waals surface area contributed by atoms with Crippen molar-refractivity contribution in [2.24, 2.45) is 0 Å². The molecule has 0 bridgehead atoms. The Hall–Kier alpha value is -2.59. The van der Waals surface area contributed by atoms with Gasteiger partial charge in [0.1, 0.15) is 11.3 Å². The number of hydrogen-bond acceptors (Lipinski definition) is 7. The Bertz CT molecular complexity index is 1010. The standard InChI is InChI=1S/C10H8N6.C8H17NO2S/c11-9-6(2-1-3-12-9)7-4-13-10-8(15-7)5-14-16-10;1-2-8-12(10,11)9-6-4-3-5-7-9/h1-5H,(H2,11,12)(H,13,14,16);2-8H2,1H3. The van der Waals surface area contributed by atoms with Gasteiger partial charge in [0.15, 0.2) is 5.65 Å². The van der Waals surface area contributed by atoms with Gasteiger partial charge in [-0.1, -0.05) is 13.3 Å². The number of aromatic amines is 1. The molecule has 1 saturated heterocycles. The van der Waals surface area contributed by atoms with Gasteiger partial charge in [-0.3, -0.25) is 5.10 Å². The van der Waals surface area contributed by atoms with E-state index >= 15 is 0 Å². The molecule has 4 rings (SSSR count). The highest BCUT2D eigenvalue weighted by atomic mass is 32.2. The molecule has 3 aromatic heterocycles. The topological polar surface area (TPSA) is 131 Å². The number of aromatic nitrogens is 5. The molecule has 0 amide bonds. The maximum Gasteiger partial charge on any atom is 0.214 e. The van der Waals surface area contributed by atoms with Crippen LogP contribution in [0.4, 0.5) is 5.82 Å². The van der Waals surface area contributed by atoms with E-state index in [-0.39, 0.29) is 0 Å². The minimum Gasteiger partial charge on any atom is -0.383 e. The predicted octanol–water partition coefficient (Wildman–Crippen LogP) is 2.21. The summed E-state index contributed by atoms with van der Waals surface area (Å²) in [6.45, 7) is 3.38. The molecule has 0 aliphatic carbocycles. The molecular formula is C18H25N7O2S. The lowest BCUT2D eigenvalue weighted by molar-refractivity contribution is 0.346. The van der Waals surface area contributed by atoms with Gasteiger partial charge in [0.05, 0.1) is 23.8 Å². The molecule has 0 aromatic carbocycles. The first kappa shape index (κ1) is 20.2. The van der Waals surface area contributed by atoms with Gasteiger partial charge in [-0.15, -0.1) is 0 Å². The molecule has 9 nitrogen and oxygen atoms in total. The van der Waals surface area contributed by atoms with Gasteiger partial charge in [-0.25, -0.2) is 27.7 Å². The fraction of sp³-hybridized carbons (Fsp3) is 0.444. The Morgan fingerprint density at radius 2 is 1.96 bits per heavy atom. The smallest absolute Gasteiger partial charge is 0.214 e. The van der Waals surface area contributed by atoms with E-state index in [0.717, 1.165) is 37.9 Å². The fourth-order valence-corrected chi connectivity index (χ4v) is 4.62. The van der Waals surface area contributed by atoms with Crippen molar-refractivity contribution >= 4 is 27.0 Å². The normalized spacial score (nSPS) is 15.2. The van der Waals surface area contributed by atoms with Crippen molar-refractivity contribution in [3.05, 3.63) is 30.7 Å². The van der Waals surface area contributed by atoms with E-state index in [1.165, 1.54) is 6.42 Å². The molecule has 150 valence electrons. The number of rotatable bonds is 4. The first-order valence-electron chi connectivity index (χ1n) is 9.36. The van der Waals surface area contributed by atoms with Crippen molar-refractivity contribution in [2.45, 2.75) is 32.6 Å². The lowest BCUT2D eigenvalue weighted by atomic mass is 10.2. The Labute approximate surface area is 164 Å². The Kier molecular flexibility index (Phi) is 6.53. The zero-order valence-corrected chi connectivity index (χ0v) is 16.7. The third-order valence-corrected chi connectivity index (χ3v) is 6.52. The molecule has 1 fully saturated rings.